The molecule has 2 aromatic heterocycles. The first kappa shape index (κ1) is 17.1. The monoisotopic (exact) mass is 323 g/mol. The topological polar surface area (TPSA) is 29.3 Å². The maximum atomic E-state index is 12.6. The van der Waals surface area contributed by atoms with Gasteiger partial charge in [0.25, 0.3) is 0 Å². The minimum absolute atomic E-state index is 0.0827. The molecule has 1 unspecified atom stereocenters. The van der Waals surface area contributed by atoms with Crippen molar-refractivity contribution in [3.63, 3.8) is 0 Å². The summed E-state index contributed by atoms with van der Waals surface area (Å²) in [6.07, 6.45) is 3.60. The molecule has 6 heteroatoms. The number of anilines is 1. The van der Waals surface area contributed by atoms with Gasteiger partial charge in [0.2, 0.25) is 0 Å². The number of nitrogens with one attached hydrogen (secondary N) is 1. The van der Waals surface area contributed by atoms with Crippen molar-refractivity contribution in [1.29, 1.82) is 0 Å². The number of halogens is 3. The first-order valence-corrected chi connectivity index (χ1v) is 7.59. The number of rotatable bonds is 2. The predicted octanol–water partition coefficient (Wildman–Crippen LogP) is 4.93. The van der Waals surface area contributed by atoms with E-state index in [1.807, 2.05) is 39.2 Å². The SMILES string of the molecule is CC.CNc1ccn2ncc(C3C=CC(C(F)(F)F)=CC3)c2c1. The molecular formula is C17H20F3N3. The van der Waals surface area contributed by atoms with Crippen molar-refractivity contribution in [2.24, 2.45) is 0 Å². The van der Waals surface area contributed by atoms with Crippen LogP contribution < -0.4 is 5.32 Å². The molecule has 3 nitrogen and oxygen atoms in total. The number of hydrogen-bond donors (Lipinski definition) is 1. The molecule has 2 aromatic rings. The Morgan fingerprint density at radius 2 is 2.04 bits per heavy atom. The van der Waals surface area contributed by atoms with Crippen molar-refractivity contribution in [1.82, 2.24) is 9.61 Å². The molecular weight excluding hydrogens is 303 g/mol. The highest BCUT2D eigenvalue weighted by molar-refractivity contribution is 5.64. The summed E-state index contributed by atoms with van der Waals surface area (Å²) in [6, 6.07) is 3.83. The molecule has 0 radical (unpaired) electrons. The van der Waals surface area contributed by atoms with E-state index in [0.717, 1.165) is 22.8 Å². The summed E-state index contributed by atoms with van der Waals surface area (Å²) in [7, 11) is 1.82. The van der Waals surface area contributed by atoms with E-state index in [1.54, 1.807) is 16.8 Å². The molecule has 0 saturated carbocycles. The van der Waals surface area contributed by atoms with Gasteiger partial charge in [0, 0.05) is 30.4 Å². The first-order valence-electron chi connectivity index (χ1n) is 7.59. The number of aromatic nitrogens is 2. The lowest BCUT2D eigenvalue weighted by Crippen LogP contribution is -2.13. The van der Waals surface area contributed by atoms with Gasteiger partial charge in [-0.2, -0.15) is 18.3 Å². The molecule has 0 bridgehead atoms. The van der Waals surface area contributed by atoms with Crippen LogP contribution >= 0.6 is 0 Å². The molecule has 0 aliphatic heterocycles. The molecule has 0 saturated heterocycles. The first-order chi connectivity index (χ1) is 11.0. The van der Waals surface area contributed by atoms with Crippen molar-refractivity contribution in [2.45, 2.75) is 32.4 Å². The Bertz CT molecular complexity index is 726. The fourth-order valence-corrected chi connectivity index (χ4v) is 2.50. The van der Waals surface area contributed by atoms with E-state index < -0.39 is 11.7 Å². The van der Waals surface area contributed by atoms with E-state index in [4.69, 9.17) is 0 Å². The van der Waals surface area contributed by atoms with Crippen LogP contribution in [-0.4, -0.2) is 22.8 Å². The average molecular weight is 323 g/mol. The molecule has 1 aliphatic carbocycles. The standard InChI is InChI=1S/C15H14F3N3.C2H6/c1-19-12-6-7-21-14(8-12)13(9-20-21)10-2-4-11(5-3-10)15(16,17)18;1-2/h2,4-10,19H,3H2,1H3;1-2H3. The molecule has 1 atom stereocenters. The largest absolute Gasteiger partial charge is 0.416 e. The number of hydrogen-bond acceptors (Lipinski definition) is 2. The molecule has 0 aromatic carbocycles. The second kappa shape index (κ2) is 6.89. The maximum absolute atomic E-state index is 12.6. The van der Waals surface area contributed by atoms with Crippen LogP contribution in [0.2, 0.25) is 0 Å². The summed E-state index contributed by atoms with van der Waals surface area (Å²) in [5.41, 5.74) is 2.20. The van der Waals surface area contributed by atoms with Gasteiger partial charge in [-0.25, -0.2) is 4.52 Å². The number of alkyl halides is 3. The van der Waals surface area contributed by atoms with Gasteiger partial charge in [-0.15, -0.1) is 0 Å². The second-order valence-electron chi connectivity index (χ2n) is 4.95. The van der Waals surface area contributed by atoms with Crippen LogP contribution in [0.5, 0.6) is 0 Å². The summed E-state index contributed by atoms with van der Waals surface area (Å²) in [6.45, 7) is 4.00. The minimum Gasteiger partial charge on any atom is -0.388 e. The van der Waals surface area contributed by atoms with Gasteiger partial charge in [0.1, 0.15) is 0 Å². The van der Waals surface area contributed by atoms with Crippen molar-refractivity contribution in [3.05, 3.63) is 53.9 Å². The molecule has 23 heavy (non-hydrogen) atoms. The van der Waals surface area contributed by atoms with Gasteiger partial charge in [0.15, 0.2) is 0 Å². The lowest BCUT2D eigenvalue weighted by Gasteiger charge is -2.17. The van der Waals surface area contributed by atoms with E-state index in [1.165, 1.54) is 6.08 Å². The third-order valence-electron chi connectivity index (χ3n) is 3.67. The van der Waals surface area contributed by atoms with Crippen LogP contribution in [0, 0.1) is 0 Å². The smallest absolute Gasteiger partial charge is 0.388 e. The van der Waals surface area contributed by atoms with Gasteiger partial charge in [-0.1, -0.05) is 32.1 Å². The summed E-state index contributed by atoms with van der Waals surface area (Å²) in [5.74, 6) is -0.0827. The number of nitrogens with zero attached hydrogens (tertiary/aromatic N) is 2. The van der Waals surface area contributed by atoms with Crippen molar-refractivity contribution >= 4 is 11.2 Å². The number of pyridine rings is 1. The molecule has 0 spiro atoms. The van der Waals surface area contributed by atoms with Crippen LogP contribution in [0.1, 0.15) is 31.7 Å². The molecule has 2 heterocycles. The van der Waals surface area contributed by atoms with E-state index in [9.17, 15) is 13.2 Å². The zero-order valence-electron chi connectivity index (χ0n) is 13.4. The number of fused-ring (bicyclic) bond motifs is 1. The van der Waals surface area contributed by atoms with Crippen LogP contribution in [0.25, 0.3) is 5.52 Å². The van der Waals surface area contributed by atoms with Gasteiger partial charge < -0.3 is 5.32 Å². The molecule has 1 aliphatic rings. The molecule has 124 valence electrons. The van der Waals surface area contributed by atoms with E-state index in [0.29, 0.717) is 6.42 Å². The highest BCUT2D eigenvalue weighted by Crippen LogP contribution is 2.35. The Morgan fingerprint density at radius 3 is 2.61 bits per heavy atom. The second-order valence-corrected chi connectivity index (χ2v) is 4.95. The van der Waals surface area contributed by atoms with Crippen LogP contribution in [0.4, 0.5) is 18.9 Å². The van der Waals surface area contributed by atoms with Gasteiger partial charge in [-0.05, 0) is 18.6 Å². The summed E-state index contributed by atoms with van der Waals surface area (Å²) >= 11 is 0. The lowest BCUT2D eigenvalue weighted by atomic mass is 9.91. The fraction of sp³-hybridized carbons (Fsp3) is 0.353. The Hall–Kier alpha value is -2.24. The van der Waals surface area contributed by atoms with Crippen LogP contribution in [0.3, 0.4) is 0 Å². The maximum Gasteiger partial charge on any atom is 0.416 e. The van der Waals surface area contributed by atoms with Crippen LogP contribution in [-0.2, 0) is 0 Å². The highest BCUT2D eigenvalue weighted by Gasteiger charge is 2.33. The normalized spacial score (nSPS) is 17.5. The Kier molecular flexibility index (Phi) is 5.13. The van der Waals surface area contributed by atoms with Gasteiger partial charge >= 0.3 is 6.18 Å². The fourth-order valence-electron chi connectivity index (χ4n) is 2.50. The number of allylic oxidation sites excluding steroid dienone is 4. The predicted molar refractivity (Wildman–Crippen MR) is 86.7 cm³/mol. The van der Waals surface area contributed by atoms with Gasteiger partial charge in [-0.3, -0.25) is 0 Å². The lowest BCUT2D eigenvalue weighted by molar-refractivity contribution is -0.0886. The average Bonchev–Trinajstić information content (AvgIpc) is 2.99. The Balaban J connectivity index is 0.000000924. The summed E-state index contributed by atoms with van der Waals surface area (Å²) < 4.78 is 39.6. The van der Waals surface area contributed by atoms with Crippen LogP contribution in [0.15, 0.2) is 48.3 Å². The summed E-state index contributed by atoms with van der Waals surface area (Å²) in [5, 5.41) is 7.30. The third kappa shape index (κ3) is 3.57. The van der Waals surface area contributed by atoms with Crippen molar-refractivity contribution in [2.75, 3.05) is 12.4 Å². The van der Waals surface area contributed by atoms with Crippen molar-refractivity contribution < 1.29 is 13.2 Å². The minimum atomic E-state index is -4.28. The zero-order valence-corrected chi connectivity index (χ0v) is 13.4. The molecule has 1 N–H and O–H groups in total. The van der Waals surface area contributed by atoms with Gasteiger partial charge in [0.05, 0.1) is 17.3 Å². The zero-order chi connectivity index (χ0) is 17.0. The Morgan fingerprint density at radius 1 is 1.30 bits per heavy atom. The quantitative estimate of drug-likeness (QED) is 0.848. The summed E-state index contributed by atoms with van der Waals surface area (Å²) in [4.78, 5) is 0. The molecule has 0 fully saturated rings. The van der Waals surface area contributed by atoms with E-state index in [2.05, 4.69) is 10.4 Å². The van der Waals surface area contributed by atoms with Crippen molar-refractivity contribution in [3.8, 4) is 0 Å². The van der Waals surface area contributed by atoms with E-state index >= 15 is 0 Å². The Labute approximate surface area is 133 Å². The van der Waals surface area contributed by atoms with E-state index in [-0.39, 0.29) is 5.92 Å². The third-order valence-corrected chi connectivity index (χ3v) is 3.67. The molecule has 3 rings (SSSR count). The highest BCUT2D eigenvalue weighted by atomic mass is 19.4. The molecule has 0 amide bonds.